The summed E-state index contributed by atoms with van der Waals surface area (Å²) in [4.78, 5) is 12.1. The molecule has 110 valence electrons. The molecular formula is C15H22N2O3. The van der Waals surface area contributed by atoms with Gasteiger partial charge in [-0.25, -0.2) is 0 Å². The first-order chi connectivity index (χ1) is 9.55. The summed E-state index contributed by atoms with van der Waals surface area (Å²) in [5.41, 5.74) is 0.259. The Morgan fingerprint density at radius 2 is 2.20 bits per heavy atom. The number of aliphatic hydroxyl groups is 1. The molecule has 20 heavy (non-hydrogen) atoms. The minimum absolute atomic E-state index is 0.0532. The van der Waals surface area contributed by atoms with Crippen LogP contribution < -0.4 is 15.4 Å². The van der Waals surface area contributed by atoms with E-state index in [1.807, 2.05) is 6.92 Å². The Bertz CT molecular complexity index is 453. The minimum Gasteiger partial charge on any atom is -0.497 e. The third-order valence-corrected chi connectivity index (χ3v) is 3.83. The Labute approximate surface area is 119 Å². The number of amides is 1. The van der Waals surface area contributed by atoms with Gasteiger partial charge in [0.1, 0.15) is 5.75 Å². The lowest BCUT2D eigenvalue weighted by atomic mass is 9.99. The number of ether oxygens (including phenoxy) is 1. The van der Waals surface area contributed by atoms with Crippen molar-refractivity contribution >= 4 is 5.91 Å². The van der Waals surface area contributed by atoms with E-state index in [2.05, 4.69) is 10.6 Å². The van der Waals surface area contributed by atoms with E-state index in [-0.39, 0.29) is 12.5 Å². The third-order valence-electron chi connectivity index (χ3n) is 3.83. The van der Waals surface area contributed by atoms with Crippen molar-refractivity contribution in [2.24, 2.45) is 0 Å². The first kappa shape index (κ1) is 14.8. The summed E-state index contributed by atoms with van der Waals surface area (Å²) in [6.07, 6.45) is 1.12. The summed E-state index contributed by atoms with van der Waals surface area (Å²) >= 11 is 0. The van der Waals surface area contributed by atoms with Crippen molar-refractivity contribution in [1.82, 2.24) is 10.6 Å². The number of methoxy groups -OCH3 is 1. The Morgan fingerprint density at radius 1 is 1.50 bits per heavy atom. The third kappa shape index (κ3) is 3.29. The molecule has 2 unspecified atom stereocenters. The van der Waals surface area contributed by atoms with E-state index >= 15 is 0 Å². The zero-order chi connectivity index (χ0) is 14.6. The molecule has 0 spiro atoms. The molecular weight excluding hydrogens is 256 g/mol. The van der Waals surface area contributed by atoms with Crippen molar-refractivity contribution < 1.29 is 14.6 Å². The van der Waals surface area contributed by atoms with Crippen molar-refractivity contribution in [2.75, 3.05) is 20.2 Å². The Morgan fingerprint density at radius 3 is 2.75 bits per heavy atom. The van der Waals surface area contributed by atoms with E-state index in [0.29, 0.717) is 0 Å². The van der Waals surface area contributed by atoms with Crippen LogP contribution in [0.15, 0.2) is 24.3 Å². The number of carbonyl (C=O) groups is 1. The molecule has 0 aliphatic carbocycles. The van der Waals surface area contributed by atoms with Crippen molar-refractivity contribution in [1.29, 1.82) is 0 Å². The largest absolute Gasteiger partial charge is 0.497 e. The van der Waals surface area contributed by atoms with Gasteiger partial charge in [0.15, 0.2) is 0 Å². The second kappa shape index (κ2) is 6.24. The van der Waals surface area contributed by atoms with Gasteiger partial charge in [0, 0.05) is 6.54 Å². The maximum absolute atomic E-state index is 12.1. The normalized spacial score (nSPS) is 23.4. The number of carbonyl (C=O) groups excluding carboxylic acids is 1. The lowest BCUT2D eigenvalue weighted by molar-refractivity contribution is -0.127. The maximum atomic E-state index is 12.1. The first-order valence-electron chi connectivity index (χ1n) is 6.90. The molecule has 2 rings (SSSR count). The molecule has 1 aromatic carbocycles. The molecule has 1 amide bonds. The van der Waals surface area contributed by atoms with Crippen LogP contribution in [-0.2, 0) is 4.79 Å². The number of aliphatic hydroxyl groups excluding tert-OH is 1. The monoisotopic (exact) mass is 278 g/mol. The molecule has 0 bridgehead atoms. The van der Waals surface area contributed by atoms with E-state index in [1.165, 1.54) is 0 Å². The molecule has 1 aliphatic heterocycles. The van der Waals surface area contributed by atoms with Gasteiger partial charge >= 0.3 is 0 Å². The number of nitrogens with one attached hydrogen (secondary N) is 2. The Balaban J connectivity index is 1.87. The van der Waals surface area contributed by atoms with E-state index in [4.69, 9.17) is 4.74 Å². The Kier molecular flexibility index (Phi) is 4.62. The molecule has 0 aromatic heterocycles. The summed E-state index contributed by atoms with van der Waals surface area (Å²) in [5, 5.41) is 16.1. The zero-order valence-electron chi connectivity index (χ0n) is 12.0. The fraction of sp³-hybridized carbons (Fsp3) is 0.533. The predicted octanol–water partition coefficient (Wildman–Crippen LogP) is 0.987. The summed E-state index contributed by atoms with van der Waals surface area (Å²) in [6, 6.07) is 7.18. The van der Waals surface area contributed by atoms with Crippen LogP contribution in [0, 0.1) is 0 Å². The quantitative estimate of drug-likeness (QED) is 0.751. The smallest absolute Gasteiger partial charge is 0.240 e. The summed E-state index contributed by atoms with van der Waals surface area (Å²) in [6.45, 7) is 2.97. The topological polar surface area (TPSA) is 70.6 Å². The van der Waals surface area contributed by atoms with Gasteiger partial charge in [0.05, 0.1) is 18.8 Å². The van der Waals surface area contributed by atoms with Gasteiger partial charge in [0.2, 0.25) is 5.91 Å². The zero-order valence-corrected chi connectivity index (χ0v) is 12.0. The molecule has 0 saturated carbocycles. The van der Waals surface area contributed by atoms with Crippen LogP contribution in [-0.4, -0.2) is 36.8 Å². The van der Waals surface area contributed by atoms with E-state index in [1.54, 1.807) is 31.4 Å². The maximum Gasteiger partial charge on any atom is 0.240 e. The molecule has 1 aliphatic rings. The van der Waals surface area contributed by atoms with Gasteiger partial charge in [-0.1, -0.05) is 12.1 Å². The van der Waals surface area contributed by atoms with Crippen LogP contribution >= 0.6 is 0 Å². The van der Waals surface area contributed by atoms with Crippen LogP contribution in [0.25, 0.3) is 0 Å². The van der Waals surface area contributed by atoms with Gasteiger partial charge in [-0.2, -0.15) is 0 Å². The highest BCUT2D eigenvalue weighted by Gasteiger charge is 2.35. The van der Waals surface area contributed by atoms with Crippen molar-refractivity contribution in [2.45, 2.75) is 31.4 Å². The average Bonchev–Trinajstić information content (AvgIpc) is 2.92. The van der Waals surface area contributed by atoms with Gasteiger partial charge in [-0.05, 0) is 44.0 Å². The average molecular weight is 278 g/mol. The summed E-state index contributed by atoms with van der Waals surface area (Å²) < 4.78 is 5.07. The van der Waals surface area contributed by atoms with Crippen LogP contribution in [0.2, 0.25) is 0 Å². The highest BCUT2D eigenvalue weighted by molar-refractivity contribution is 5.86. The molecule has 1 aromatic rings. The first-order valence-corrected chi connectivity index (χ1v) is 6.90. The van der Waals surface area contributed by atoms with Crippen LogP contribution in [0.3, 0.4) is 0 Å². The SMILES string of the molecule is COc1ccc(C(O)CNC(=O)C2(C)CCCN2)cc1. The van der Waals surface area contributed by atoms with E-state index in [0.717, 1.165) is 30.7 Å². The number of rotatable bonds is 5. The second-order valence-electron chi connectivity index (χ2n) is 5.36. The number of hydrogen-bond acceptors (Lipinski definition) is 4. The number of benzene rings is 1. The molecule has 0 radical (unpaired) electrons. The highest BCUT2D eigenvalue weighted by atomic mass is 16.5. The second-order valence-corrected chi connectivity index (χ2v) is 5.36. The predicted molar refractivity (Wildman–Crippen MR) is 76.6 cm³/mol. The molecule has 5 heteroatoms. The fourth-order valence-corrected chi connectivity index (χ4v) is 2.42. The Hall–Kier alpha value is -1.59. The van der Waals surface area contributed by atoms with Crippen molar-refractivity contribution in [3.8, 4) is 5.75 Å². The number of hydrogen-bond donors (Lipinski definition) is 3. The van der Waals surface area contributed by atoms with Crippen molar-refractivity contribution in [3.63, 3.8) is 0 Å². The highest BCUT2D eigenvalue weighted by Crippen LogP contribution is 2.20. The van der Waals surface area contributed by atoms with Crippen molar-refractivity contribution in [3.05, 3.63) is 29.8 Å². The minimum atomic E-state index is -0.713. The van der Waals surface area contributed by atoms with Crippen LogP contribution in [0.4, 0.5) is 0 Å². The summed E-state index contributed by atoms with van der Waals surface area (Å²) in [5.74, 6) is 0.690. The van der Waals surface area contributed by atoms with Gasteiger partial charge < -0.3 is 20.5 Å². The standard InChI is InChI=1S/C15H22N2O3/c1-15(8-3-9-17-15)14(19)16-10-13(18)11-4-6-12(20-2)7-5-11/h4-7,13,17-18H,3,8-10H2,1-2H3,(H,16,19). The van der Waals surface area contributed by atoms with Gasteiger partial charge in [-0.3, -0.25) is 4.79 Å². The molecule has 3 N–H and O–H groups in total. The molecule has 2 atom stereocenters. The van der Waals surface area contributed by atoms with E-state index in [9.17, 15) is 9.90 Å². The van der Waals surface area contributed by atoms with Gasteiger partial charge in [-0.15, -0.1) is 0 Å². The van der Waals surface area contributed by atoms with Gasteiger partial charge in [0.25, 0.3) is 0 Å². The molecule has 5 nitrogen and oxygen atoms in total. The van der Waals surface area contributed by atoms with Crippen LogP contribution in [0.1, 0.15) is 31.4 Å². The van der Waals surface area contributed by atoms with E-state index < -0.39 is 11.6 Å². The molecule has 1 fully saturated rings. The molecule has 1 heterocycles. The molecule has 1 saturated heterocycles. The van der Waals surface area contributed by atoms with Crippen LogP contribution in [0.5, 0.6) is 5.75 Å². The summed E-state index contributed by atoms with van der Waals surface area (Å²) in [7, 11) is 1.60. The lowest BCUT2D eigenvalue weighted by Crippen LogP contribution is -2.51. The lowest BCUT2D eigenvalue weighted by Gasteiger charge is -2.24. The fourth-order valence-electron chi connectivity index (χ4n) is 2.42.